The molecule has 2 rings (SSSR count). The molecule has 0 atom stereocenters. The molecule has 1 saturated heterocycles. The third kappa shape index (κ3) is 2.44. The molecule has 2 N–H and O–H groups in total. The standard InChI is InChI=1S/C10H12Cl2N2O2S/c11-9-2-1-8(3-10(9)12)17(15,16)14-5-7(4-13)6-14/h1-3,7H,4-6,13H2. The maximum Gasteiger partial charge on any atom is 0.243 e. The molecule has 7 heteroatoms. The number of nitrogens with two attached hydrogens (primary N) is 1. The van der Waals surface area contributed by atoms with Crippen molar-refractivity contribution >= 4 is 33.2 Å². The van der Waals surface area contributed by atoms with Gasteiger partial charge in [0, 0.05) is 13.1 Å². The first-order chi connectivity index (χ1) is 7.95. The topological polar surface area (TPSA) is 63.4 Å². The number of rotatable bonds is 3. The summed E-state index contributed by atoms with van der Waals surface area (Å²) in [5.74, 6) is 0.257. The van der Waals surface area contributed by atoms with Gasteiger partial charge in [0.2, 0.25) is 10.0 Å². The Hall–Kier alpha value is -0.330. The van der Waals surface area contributed by atoms with Gasteiger partial charge in [-0.25, -0.2) is 8.42 Å². The minimum atomic E-state index is -3.45. The summed E-state index contributed by atoms with van der Waals surface area (Å²) in [6.07, 6.45) is 0. The summed E-state index contributed by atoms with van der Waals surface area (Å²) < 4.78 is 25.6. The molecule has 0 aliphatic carbocycles. The van der Waals surface area contributed by atoms with E-state index in [0.29, 0.717) is 24.7 Å². The largest absolute Gasteiger partial charge is 0.330 e. The van der Waals surface area contributed by atoms with Gasteiger partial charge >= 0.3 is 0 Å². The fourth-order valence-corrected chi connectivity index (χ4v) is 3.64. The van der Waals surface area contributed by atoms with Gasteiger partial charge < -0.3 is 5.73 Å². The van der Waals surface area contributed by atoms with Crippen molar-refractivity contribution in [3.05, 3.63) is 28.2 Å². The highest BCUT2D eigenvalue weighted by Crippen LogP contribution is 2.29. The lowest BCUT2D eigenvalue weighted by Crippen LogP contribution is -2.52. The minimum Gasteiger partial charge on any atom is -0.330 e. The van der Waals surface area contributed by atoms with Crippen LogP contribution in [-0.4, -0.2) is 32.4 Å². The monoisotopic (exact) mass is 294 g/mol. The molecule has 0 bridgehead atoms. The minimum absolute atomic E-state index is 0.169. The van der Waals surface area contributed by atoms with E-state index in [0.717, 1.165) is 0 Å². The first-order valence-electron chi connectivity index (χ1n) is 5.10. The second-order valence-corrected chi connectivity index (χ2v) is 6.75. The maximum atomic E-state index is 12.1. The average Bonchev–Trinajstić information content (AvgIpc) is 2.20. The highest BCUT2D eigenvalue weighted by atomic mass is 35.5. The van der Waals surface area contributed by atoms with Crippen LogP contribution >= 0.6 is 23.2 Å². The Morgan fingerprint density at radius 2 is 1.94 bits per heavy atom. The zero-order valence-corrected chi connectivity index (χ0v) is 11.3. The van der Waals surface area contributed by atoms with Crippen LogP contribution in [0.5, 0.6) is 0 Å². The average molecular weight is 295 g/mol. The van der Waals surface area contributed by atoms with Crippen molar-refractivity contribution in [2.75, 3.05) is 19.6 Å². The van der Waals surface area contributed by atoms with Crippen molar-refractivity contribution in [1.82, 2.24) is 4.31 Å². The molecule has 1 aromatic rings. The van der Waals surface area contributed by atoms with Crippen LogP contribution in [0.25, 0.3) is 0 Å². The Morgan fingerprint density at radius 3 is 2.47 bits per heavy atom. The Balaban J connectivity index is 2.24. The summed E-state index contributed by atoms with van der Waals surface area (Å²) in [6, 6.07) is 4.31. The molecule has 1 aliphatic heterocycles. The van der Waals surface area contributed by atoms with Gasteiger partial charge in [-0.2, -0.15) is 4.31 Å². The molecule has 4 nitrogen and oxygen atoms in total. The van der Waals surface area contributed by atoms with Crippen LogP contribution in [0.4, 0.5) is 0 Å². The molecule has 1 fully saturated rings. The molecule has 0 saturated carbocycles. The summed E-state index contributed by atoms with van der Waals surface area (Å²) in [4.78, 5) is 0.169. The van der Waals surface area contributed by atoms with Crippen molar-refractivity contribution < 1.29 is 8.42 Å². The molecule has 1 aliphatic rings. The van der Waals surface area contributed by atoms with Crippen molar-refractivity contribution in [2.24, 2.45) is 11.7 Å². The van der Waals surface area contributed by atoms with E-state index < -0.39 is 10.0 Å². The Kier molecular flexibility index (Phi) is 3.66. The molecular formula is C10H12Cl2N2O2S. The predicted octanol–water partition coefficient (Wildman–Crippen LogP) is 1.57. The molecule has 94 valence electrons. The summed E-state index contributed by atoms with van der Waals surface area (Å²) in [5.41, 5.74) is 5.46. The zero-order valence-electron chi connectivity index (χ0n) is 8.94. The Morgan fingerprint density at radius 1 is 1.29 bits per heavy atom. The second-order valence-electron chi connectivity index (χ2n) is 4.00. The lowest BCUT2D eigenvalue weighted by molar-refractivity contribution is 0.207. The Bertz CT molecular complexity index is 527. The second kappa shape index (κ2) is 4.74. The van der Waals surface area contributed by atoms with Gasteiger partial charge in [0.15, 0.2) is 0 Å². The number of nitrogens with zero attached hydrogens (tertiary/aromatic N) is 1. The first-order valence-corrected chi connectivity index (χ1v) is 7.30. The molecular weight excluding hydrogens is 283 g/mol. The van der Waals surface area contributed by atoms with Crippen LogP contribution in [0.1, 0.15) is 0 Å². The third-order valence-electron chi connectivity index (χ3n) is 2.79. The van der Waals surface area contributed by atoms with E-state index in [2.05, 4.69) is 0 Å². The SMILES string of the molecule is NCC1CN(S(=O)(=O)c2ccc(Cl)c(Cl)c2)C1. The smallest absolute Gasteiger partial charge is 0.243 e. The van der Waals surface area contributed by atoms with E-state index in [1.54, 1.807) is 0 Å². The van der Waals surface area contributed by atoms with E-state index >= 15 is 0 Å². The van der Waals surface area contributed by atoms with Gasteiger partial charge in [-0.05, 0) is 30.7 Å². The molecule has 1 aromatic carbocycles. The quantitative estimate of drug-likeness (QED) is 0.920. The number of halogens is 2. The van der Waals surface area contributed by atoms with E-state index in [1.165, 1.54) is 22.5 Å². The van der Waals surface area contributed by atoms with Gasteiger partial charge in [0.25, 0.3) is 0 Å². The predicted molar refractivity (Wildman–Crippen MR) is 67.8 cm³/mol. The highest BCUT2D eigenvalue weighted by Gasteiger charge is 2.35. The molecule has 1 heterocycles. The molecule has 0 spiro atoms. The van der Waals surface area contributed by atoms with E-state index in [-0.39, 0.29) is 15.8 Å². The number of sulfonamides is 1. The third-order valence-corrected chi connectivity index (χ3v) is 5.35. The van der Waals surface area contributed by atoms with E-state index in [9.17, 15) is 8.42 Å². The van der Waals surface area contributed by atoms with Gasteiger partial charge in [0.1, 0.15) is 0 Å². The van der Waals surface area contributed by atoms with Crippen LogP contribution in [-0.2, 0) is 10.0 Å². The first kappa shape index (κ1) is 13.1. The highest BCUT2D eigenvalue weighted by molar-refractivity contribution is 7.89. The van der Waals surface area contributed by atoms with Crippen LogP contribution in [0.2, 0.25) is 10.0 Å². The van der Waals surface area contributed by atoms with Crippen LogP contribution < -0.4 is 5.73 Å². The van der Waals surface area contributed by atoms with Gasteiger partial charge in [0.05, 0.1) is 14.9 Å². The number of hydrogen-bond acceptors (Lipinski definition) is 3. The maximum absolute atomic E-state index is 12.1. The van der Waals surface area contributed by atoms with Gasteiger partial charge in [-0.1, -0.05) is 23.2 Å². The molecule has 0 unspecified atom stereocenters. The molecule has 0 amide bonds. The lowest BCUT2D eigenvalue weighted by atomic mass is 10.0. The zero-order chi connectivity index (χ0) is 12.6. The normalized spacial score (nSPS) is 18.1. The van der Waals surface area contributed by atoms with Gasteiger partial charge in [-0.3, -0.25) is 0 Å². The van der Waals surface area contributed by atoms with Crippen molar-refractivity contribution in [3.63, 3.8) is 0 Å². The lowest BCUT2D eigenvalue weighted by Gasteiger charge is -2.37. The molecule has 0 radical (unpaired) electrons. The van der Waals surface area contributed by atoms with Crippen molar-refractivity contribution in [3.8, 4) is 0 Å². The fourth-order valence-electron chi connectivity index (χ4n) is 1.65. The van der Waals surface area contributed by atoms with E-state index in [4.69, 9.17) is 28.9 Å². The summed E-state index contributed by atoms with van der Waals surface area (Å²) >= 11 is 11.6. The number of hydrogen-bond donors (Lipinski definition) is 1. The Labute approximate surface area is 110 Å². The van der Waals surface area contributed by atoms with Crippen molar-refractivity contribution in [1.29, 1.82) is 0 Å². The van der Waals surface area contributed by atoms with Crippen LogP contribution in [0.3, 0.4) is 0 Å². The summed E-state index contributed by atoms with van der Waals surface area (Å²) in [5, 5.41) is 0.581. The summed E-state index contributed by atoms with van der Waals surface area (Å²) in [6.45, 7) is 1.45. The molecule has 17 heavy (non-hydrogen) atoms. The van der Waals surface area contributed by atoms with Crippen LogP contribution in [0, 0.1) is 5.92 Å². The fraction of sp³-hybridized carbons (Fsp3) is 0.400. The van der Waals surface area contributed by atoms with E-state index in [1.807, 2.05) is 0 Å². The van der Waals surface area contributed by atoms with Gasteiger partial charge in [-0.15, -0.1) is 0 Å². The van der Waals surface area contributed by atoms with Crippen molar-refractivity contribution in [2.45, 2.75) is 4.90 Å². The number of benzene rings is 1. The van der Waals surface area contributed by atoms with Crippen LogP contribution in [0.15, 0.2) is 23.1 Å². The molecule has 0 aromatic heterocycles. The summed E-state index contributed by atoms with van der Waals surface area (Å²) in [7, 11) is -3.45.